The second kappa shape index (κ2) is 6.31. The van der Waals surface area contributed by atoms with E-state index in [2.05, 4.69) is 14.7 Å². The SMILES string of the molecule is CN(C)c1nc(COc2cccc(C(=O)NC3CC3)c2)ns1. The number of ether oxygens (including phenoxy) is 1. The van der Waals surface area contributed by atoms with Gasteiger partial charge >= 0.3 is 0 Å². The van der Waals surface area contributed by atoms with E-state index < -0.39 is 0 Å². The molecule has 1 heterocycles. The smallest absolute Gasteiger partial charge is 0.251 e. The van der Waals surface area contributed by atoms with Crippen molar-refractivity contribution < 1.29 is 9.53 Å². The Bertz CT molecular complexity index is 667. The van der Waals surface area contributed by atoms with Crippen LogP contribution < -0.4 is 15.0 Å². The number of anilines is 1. The van der Waals surface area contributed by atoms with Gasteiger partial charge in [0.25, 0.3) is 5.91 Å². The Hall–Kier alpha value is -2.15. The van der Waals surface area contributed by atoms with Gasteiger partial charge in [-0.05, 0) is 31.0 Å². The van der Waals surface area contributed by atoms with Crippen molar-refractivity contribution in [2.75, 3.05) is 19.0 Å². The third-order valence-corrected chi connectivity index (χ3v) is 4.14. The maximum Gasteiger partial charge on any atom is 0.251 e. The topological polar surface area (TPSA) is 67.4 Å². The highest BCUT2D eigenvalue weighted by Gasteiger charge is 2.23. The maximum absolute atomic E-state index is 12.0. The molecule has 116 valence electrons. The summed E-state index contributed by atoms with van der Waals surface area (Å²) in [7, 11) is 3.85. The molecule has 3 rings (SSSR count). The lowest BCUT2D eigenvalue weighted by molar-refractivity contribution is 0.0950. The average molecular weight is 318 g/mol. The predicted octanol–water partition coefficient (Wildman–Crippen LogP) is 2.08. The van der Waals surface area contributed by atoms with E-state index in [4.69, 9.17) is 4.74 Å². The number of carbonyl (C=O) groups excluding carboxylic acids is 1. The van der Waals surface area contributed by atoms with Crippen molar-refractivity contribution in [1.82, 2.24) is 14.7 Å². The molecule has 0 saturated heterocycles. The van der Waals surface area contributed by atoms with Crippen LogP contribution in [0.3, 0.4) is 0 Å². The first kappa shape index (κ1) is 14.8. The Kier molecular flexibility index (Phi) is 4.24. The van der Waals surface area contributed by atoms with Gasteiger partial charge in [-0.3, -0.25) is 4.79 Å². The minimum Gasteiger partial charge on any atom is -0.486 e. The molecule has 1 aliphatic rings. The lowest BCUT2D eigenvalue weighted by Crippen LogP contribution is -2.25. The number of amides is 1. The molecule has 0 unspecified atom stereocenters. The Morgan fingerprint density at radius 1 is 1.45 bits per heavy atom. The Morgan fingerprint density at radius 2 is 2.27 bits per heavy atom. The number of benzene rings is 1. The molecule has 1 saturated carbocycles. The van der Waals surface area contributed by atoms with Gasteiger partial charge in [0.1, 0.15) is 12.4 Å². The zero-order valence-corrected chi connectivity index (χ0v) is 13.4. The van der Waals surface area contributed by atoms with Gasteiger partial charge in [-0.1, -0.05) is 6.07 Å². The quantitative estimate of drug-likeness (QED) is 0.883. The van der Waals surface area contributed by atoms with Crippen LogP contribution in [0.15, 0.2) is 24.3 Å². The molecule has 1 fully saturated rings. The van der Waals surface area contributed by atoms with Crippen molar-refractivity contribution in [3.05, 3.63) is 35.7 Å². The van der Waals surface area contributed by atoms with E-state index in [0.29, 0.717) is 23.2 Å². The number of nitrogens with zero attached hydrogens (tertiary/aromatic N) is 3. The number of aromatic nitrogens is 2. The van der Waals surface area contributed by atoms with Crippen LogP contribution in [0.1, 0.15) is 29.0 Å². The highest BCUT2D eigenvalue weighted by molar-refractivity contribution is 7.09. The first-order valence-electron chi connectivity index (χ1n) is 7.15. The fraction of sp³-hybridized carbons (Fsp3) is 0.400. The standard InChI is InChI=1S/C15H18N4O2S/c1-19(2)15-17-13(18-22-15)9-21-12-5-3-4-10(8-12)14(20)16-11-6-7-11/h3-5,8,11H,6-7,9H2,1-2H3,(H,16,20). The van der Waals surface area contributed by atoms with Crippen LogP contribution in [0.25, 0.3) is 0 Å². The predicted molar refractivity (Wildman–Crippen MR) is 85.5 cm³/mol. The maximum atomic E-state index is 12.0. The number of hydrogen-bond donors (Lipinski definition) is 1. The largest absolute Gasteiger partial charge is 0.486 e. The second-order valence-corrected chi connectivity index (χ2v) is 6.18. The third-order valence-electron chi connectivity index (χ3n) is 3.22. The summed E-state index contributed by atoms with van der Waals surface area (Å²) < 4.78 is 9.92. The molecule has 6 nitrogen and oxygen atoms in total. The van der Waals surface area contributed by atoms with Crippen LogP contribution in [0.4, 0.5) is 5.13 Å². The lowest BCUT2D eigenvalue weighted by atomic mass is 10.2. The molecule has 0 radical (unpaired) electrons. The van der Waals surface area contributed by atoms with Crippen LogP contribution >= 0.6 is 11.5 Å². The van der Waals surface area contributed by atoms with E-state index in [0.717, 1.165) is 18.0 Å². The van der Waals surface area contributed by atoms with Crippen molar-refractivity contribution in [2.24, 2.45) is 0 Å². The number of carbonyl (C=O) groups is 1. The van der Waals surface area contributed by atoms with E-state index in [-0.39, 0.29) is 12.5 Å². The zero-order valence-electron chi connectivity index (χ0n) is 12.6. The summed E-state index contributed by atoms with van der Waals surface area (Å²) in [6.45, 7) is 0.290. The van der Waals surface area contributed by atoms with Crippen LogP contribution in [-0.4, -0.2) is 35.4 Å². The van der Waals surface area contributed by atoms with Crippen molar-refractivity contribution in [1.29, 1.82) is 0 Å². The molecular weight excluding hydrogens is 300 g/mol. The fourth-order valence-corrected chi connectivity index (χ4v) is 2.45. The zero-order chi connectivity index (χ0) is 15.5. The normalized spacial score (nSPS) is 13.7. The molecule has 7 heteroatoms. The van der Waals surface area contributed by atoms with Crippen molar-refractivity contribution in [3.63, 3.8) is 0 Å². The van der Waals surface area contributed by atoms with Crippen LogP contribution in [-0.2, 0) is 6.61 Å². The van der Waals surface area contributed by atoms with Gasteiger partial charge in [0.05, 0.1) is 0 Å². The number of nitrogens with one attached hydrogen (secondary N) is 1. The van der Waals surface area contributed by atoms with Gasteiger partial charge in [0, 0.05) is 37.2 Å². The van der Waals surface area contributed by atoms with Crippen LogP contribution in [0.2, 0.25) is 0 Å². The Morgan fingerprint density at radius 3 is 2.95 bits per heavy atom. The summed E-state index contributed by atoms with van der Waals surface area (Å²) in [6.07, 6.45) is 2.15. The summed E-state index contributed by atoms with van der Waals surface area (Å²) >= 11 is 1.34. The van der Waals surface area contributed by atoms with Crippen molar-refractivity contribution >= 4 is 22.6 Å². The first-order valence-corrected chi connectivity index (χ1v) is 7.93. The van der Waals surface area contributed by atoms with Gasteiger partial charge in [0.15, 0.2) is 5.82 Å². The molecule has 1 aromatic heterocycles. The highest BCUT2D eigenvalue weighted by Crippen LogP contribution is 2.21. The minimum absolute atomic E-state index is 0.0466. The monoisotopic (exact) mass is 318 g/mol. The van der Waals surface area contributed by atoms with Crippen molar-refractivity contribution in [2.45, 2.75) is 25.5 Å². The van der Waals surface area contributed by atoms with Crippen LogP contribution in [0, 0.1) is 0 Å². The summed E-state index contributed by atoms with van der Waals surface area (Å²) in [4.78, 5) is 18.3. The van der Waals surface area contributed by atoms with E-state index >= 15 is 0 Å². The van der Waals surface area contributed by atoms with E-state index in [1.54, 1.807) is 12.1 Å². The molecular formula is C15H18N4O2S. The fourth-order valence-electron chi connectivity index (χ4n) is 1.86. The number of hydrogen-bond acceptors (Lipinski definition) is 6. The lowest BCUT2D eigenvalue weighted by Gasteiger charge is -2.07. The van der Waals surface area contributed by atoms with Crippen molar-refractivity contribution in [3.8, 4) is 5.75 Å². The van der Waals surface area contributed by atoms with E-state index in [1.807, 2.05) is 31.1 Å². The summed E-state index contributed by atoms with van der Waals surface area (Å²) in [5, 5.41) is 3.81. The van der Waals surface area contributed by atoms with Gasteiger partial charge in [-0.15, -0.1) is 0 Å². The molecule has 0 spiro atoms. The summed E-state index contributed by atoms with van der Waals surface area (Å²) in [6, 6.07) is 7.53. The second-order valence-electron chi connectivity index (χ2n) is 5.45. The molecule has 1 amide bonds. The summed E-state index contributed by atoms with van der Waals surface area (Å²) in [5.41, 5.74) is 0.615. The van der Waals surface area contributed by atoms with Gasteiger partial charge < -0.3 is 15.0 Å². The summed E-state index contributed by atoms with van der Waals surface area (Å²) in [5.74, 6) is 1.24. The molecule has 22 heavy (non-hydrogen) atoms. The minimum atomic E-state index is -0.0466. The van der Waals surface area contributed by atoms with E-state index in [9.17, 15) is 4.79 Å². The molecule has 1 aromatic carbocycles. The molecule has 0 aliphatic heterocycles. The van der Waals surface area contributed by atoms with Gasteiger partial charge in [0.2, 0.25) is 5.13 Å². The molecule has 1 N–H and O–H groups in total. The first-order chi connectivity index (χ1) is 10.6. The molecule has 1 aliphatic carbocycles. The third kappa shape index (κ3) is 3.73. The number of rotatable bonds is 6. The van der Waals surface area contributed by atoms with Gasteiger partial charge in [-0.2, -0.15) is 9.36 Å². The average Bonchev–Trinajstić information content (AvgIpc) is 3.19. The Labute approximate surface area is 133 Å². The highest BCUT2D eigenvalue weighted by atomic mass is 32.1. The Balaban J connectivity index is 1.60. The van der Waals surface area contributed by atoms with Gasteiger partial charge in [-0.25, -0.2) is 0 Å². The molecule has 0 atom stereocenters. The molecule has 0 bridgehead atoms. The van der Waals surface area contributed by atoms with Crippen LogP contribution in [0.5, 0.6) is 5.75 Å². The van der Waals surface area contributed by atoms with E-state index in [1.165, 1.54) is 11.5 Å². The molecule has 2 aromatic rings.